The molecule has 26 heavy (non-hydrogen) atoms. The third-order valence-electron chi connectivity index (χ3n) is 4.35. The van der Waals surface area contributed by atoms with E-state index in [1.54, 1.807) is 16.7 Å². The summed E-state index contributed by atoms with van der Waals surface area (Å²) in [5, 5.41) is 5.64. The maximum Gasteiger partial charge on any atom is 0.405 e. The van der Waals surface area contributed by atoms with Crippen molar-refractivity contribution in [1.29, 1.82) is 0 Å². The normalized spacial score (nSPS) is 14.0. The van der Waals surface area contributed by atoms with Crippen molar-refractivity contribution in [3.8, 4) is 0 Å². The summed E-state index contributed by atoms with van der Waals surface area (Å²) < 4.78 is 36.6. The third-order valence-corrected chi connectivity index (χ3v) is 5.31. The predicted molar refractivity (Wildman–Crippen MR) is 97.2 cm³/mol. The molecule has 7 heteroatoms. The standard InChI is InChI=1S/C19H23F3N2OS/c1-3-13(2)14-6-8-15(9-7-14)18(16-5-4-10-26-16)23-11-17(25)24-12-19(20,21)22/h4-10,13,18,23H,3,11-12H2,1-2H3,(H,24,25)/p+1/t13-,18+/m0/s1. The second kappa shape index (κ2) is 9.19. The van der Waals surface area contributed by atoms with Gasteiger partial charge in [-0.05, 0) is 29.3 Å². The molecule has 1 heterocycles. The number of alkyl halides is 3. The lowest BCUT2D eigenvalue weighted by atomic mass is 9.95. The van der Waals surface area contributed by atoms with Gasteiger partial charge in [-0.15, -0.1) is 11.3 Å². The van der Waals surface area contributed by atoms with Crippen LogP contribution in [-0.2, 0) is 4.79 Å². The summed E-state index contributed by atoms with van der Waals surface area (Å²) in [6, 6.07) is 12.0. The van der Waals surface area contributed by atoms with Crippen molar-refractivity contribution in [3.05, 3.63) is 57.8 Å². The van der Waals surface area contributed by atoms with Crippen LogP contribution >= 0.6 is 11.3 Å². The number of carbonyl (C=O) groups excluding carboxylic acids is 1. The fourth-order valence-electron chi connectivity index (χ4n) is 2.65. The van der Waals surface area contributed by atoms with Gasteiger partial charge in [0.1, 0.15) is 12.6 Å². The van der Waals surface area contributed by atoms with E-state index in [2.05, 4.69) is 26.0 Å². The van der Waals surface area contributed by atoms with Gasteiger partial charge in [-0.3, -0.25) is 4.79 Å². The molecule has 0 aliphatic heterocycles. The lowest BCUT2D eigenvalue weighted by Crippen LogP contribution is -2.87. The zero-order valence-corrected chi connectivity index (χ0v) is 15.7. The Kier molecular flexibility index (Phi) is 7.23. The van der Waals surface area contributed by atoms with Crippen LogP contribution in [0.3, 0.4) is 0 Å². The Morgan fingerprint density at radius 2 is 1.85 bits per heavy atom. The molecule has 0 saturated carbocycles. The van der Waals surface area contributed by atoms with Crippen LogP contribution in [0.1, 0.15) is 48.2 Å². The van der Waals surface area contributed by atoms with E-state index in [1.165, 1.54) is 5.56 Å². The van der Waals surface area contributed by atoms with Crippen molar-refractivity contribution in [1.82, 2.24) is 5.32 Å². The Hall–Kier alpha value is -1.86. The first kappa shape index (κ1) is 20.5. The van der Waals surface area contributed by atoms with E-state index in [1.807, 2.05) is 35.0 Å². The second-order valence-corrected chi connectivity index (χ2v) is 7.28. The highest BCUT2D eigenvalue weighted by Gasteiger charge is 2.28. The number of nitrogens with two attached hydrogens (primary N) is 1. The number of nitrogens with one attached hydrogen (secondary N) is 1. The highest BCUT2D eigenvalue weighted by atomic mass is 32.1. The molecular weight excluding hydrogens is 361 g/mol. The van der Waals surface area contributed by atoms with Crippen molar-refractivity contribution in [2.75, 3.05) is 13.1 Å². The van der Waals surface area contributed by atoms with Gasteiger partial charge in [0.25, 0.3) is 5.91 Å². The molecule has 0 aliphatic rings. The van der Waals surface area contributed by atoms with Crippen LogP contribution < -0.4 is 10.6 Å². The SMILES string of the molecule is CC[C@H](C)c1ccc([C@@H]([NH2+]CC(=O)NCC(F)(F)F)c2cccs2)cc1. The molecule has 1 aromatic heterocycles. The summed E-state index contributed by atoms with van der Waals surface area (Å²) in [5.41, 5.74) is 2.28. The zero-order valence-electron chi connectivity index (χ0n) is 14.8. The van der Waals surface area contributed by atoms with Gasteiger partial charge in [0.2, 0.25) is 0 Å². The van der Waals surface area contributed by atoms with E-state index >= 15 is 0 Å². The Labute approximate surface area is 155 Å². The topological polar surface area (TPSA) is 45.7 Å². The number of hydrogen-bond donors (Lipinski definition) is 2. The molecule has 2 aromatic rings. The lowest BCUT2D eigenvalue weighted by Gasteiger charge is -2.16. The van der Waals surface area contributed by atoms with Crippen LogP contribution in [0.25, 0.3) is 0 Å². The smallest absolute Gasteiger partial charge is 0.342 e. The molecule has 0 aliphatic carbocycles. The van der Waals surface area contributed by atoms with E-state index in [0.29, 0.717) is 5.92 Å². The number of thiophene rings is 1. The minimum Gasteiger partial charge on any atom is -0.342 e. The quantitative estimate of drug-likeness (QED) is 0.717. The Morgan fingerprint density at radius 1 is 1.19 bits per heavy atom. The molecule has 2 rings (SSSR count). The molecule has 1 aromatic carbocycles. The number of amides is 1. The lowest BCUT2D eigenvalue weighted by molar-refractivity contribution is -0.676. The number of quaternary nitrogens is 1. The molecular formula is C19H24F3N2OS+. The Morgan fingerprint density at radius 3 is 2.38 bits per heavy atom. The molecule has 0 saturated heterocycles. The maximum absolute atomic E-state index is 12.2. The van der Waals surface area contributed by atoms with Gasteiger partial charge in [0.15, 0.2) is 6.54 Å². The molecule has 0 radical (unpaired) electrons. The van der Waals surface area contributed by atoms with Crippen LogP contribution in [0.5, 0.6) is 0 Å². The predicted octanol–water partition coefficient (Wildman–Crippen LogP) is 3.59. The summed E-state index contributed by atoms with van der Waals surface area (Å²) in [6.45, 7) is 2.95. The highest BCUT2D eigenvalue weighted by molar-refractivity contribution is 7.10. The maximum atomic E-state index is 12.2. The van der Waals surface area contributed by atoms with E-state index in [9.17, 15) is 18.0 Å². The van der Waals surface area contributed by atoms with Gasteiger partial charge in [0.05, 0.1) is 4.88 Å². The fraction of sp³-hybridized carbons (Fsp3) is 0.421. The van der Waals surface area contributed by atoms with Gasteiger partial charge >= 0.3 is 6.18 Å². The Bertz CT molecular complexity index is 684. The van der Waals surface area contributed by atoms with E-state index < -0.39 is 18.6 Å². The monoisotopic (exact) mass is 385 g/mol. The molecule has 2 atom stereocenters. The minimum absolute atomic E-state index is 0.0637. The van der Waals surface area contributed by atoms with Crippen LogP contribution in [0.4, 0.5) is 13.2 Å². The molecule has 142 valence electrons. The Balaban J connectivity index is 2.06. The summed E-state index contributed by atoms with van der Waals surface area (Å²) in [4.78, 5) is 12.8. The fourth-order valence-corrected chi connectivity index (χ4v) is 3.50. The van der Waals surface area contributed by atoms with Crippen LogP contribution in [0.15, 0.2) is 41.8 Å². The number of benzene rings is 1. The zero-order chi connectivity index (χ0) is 19.2. The molecule has 3 nitrogen and oxygen atoms in total. The first-order valence-corrected chi connectivity index (χ1v) is 9.48. The van der Waals surface area contributed by atoms with Crippen molar-refractivity contribution in [2.24, 2.45) is 0 Å². The van der Waals surface area contributed by atoms with Crippen LogP contribution in [0, 0.1) is 0 Å². The van der Waals surface area contributed by atoms with Crippen molar-refractivity contribution >= 4 is 17.2 Å². The molecule has 0 spiro atoms. The minimum atomic E-state index is -4.39. The molecule has 1 amide bonds. The number of carbonyl (C=O) groups is 1. The third kappa shape index (κ3) is 6.14. The van der Waals surface area contributed by atoms with E-state index in [0.717, 1.165) is 16.9 Å². The summed E-state index contributed by atoms with van der Waals surface area (Å²) in [6.07, 6.45) is -3.34. The van der Waals surface area contributed by atoms with Crippen LogP contribution in [-0.4, -0.2) is 25.2 Å². The molecule has 0 unspecified atom stereocenters. The van der Waals surface area contributed by atoms with E-state index in [4.69, 9.17) is 0 Å². The molecule has 3 N–H and O–H groups in total. The largest absolute Gasteiger partial charge is 0.405 e. The number of halogens is 3. The van der Waals surface area contributed by atoms with Crippen molar-refractivity contribution in [2.45, 2.75) is 38.4 Å². The van der Waals surface area contributed by atoms with Crippen LogP contribution in [0.2, 0.25) is 0 Å². The van der Waals surface area contributed by atoms with Gasteiger partial charge in [-0.1, -0.05) is 44.2 Å². The number of rotatable bonds is 8. The van der Waals surface area contributed by atoms with Crippen molar-refractivity contribution in [3.63, 3.8) is 0 Å². The van der Waals surface area contributed by atoms with E-state index in [-0.39, 0.29) is 12.6 Å². The number of hydrogen-bond acceptors (Lipinski definition) is 2. The highest BCUT2D eigenvalue weighted by Crippen LogP contribution is 2.25. The first-order valence-electron chi connectivity index (χ1n) is 8.60. The van der Waals surface area contributed by atoms with Gasteiger partial charge in [-0.2, -0.15) is 13.2 Å². The summed E-state index contributed by atoms with van der Waals surface area (Å²) in [5.74, 6) is -0.151. The first-order chi connectivity index (χ1) is 12.3. The molecule has 0 bridgehead atoms. The summed E-state index contributed by atoms with van der Waals surface area (Å²) >= 11 is 1.57. The van der Waals surface area contributed by atoms with Gasteiger partial charge in [-0.25, -0.2) is 0 Å². The summed E-state index contributed by atoms with van der Waals surface area (Å²) in [7, 11) is 0. The average Bonchev–Trinajstić information content (AvgIpc) is 3.14. The van der Waals surface area contributed by atoms with Crippen molar-refractivity contribution < 1.29 is 23.3 Å². The van der Waals surface area contributed by atoms with Gasteiger partial charge < -0.3 is 10.6 Å². The molecule has 0 fully saturated rings. The average molecular weight is 385 g/mol. The second-order valence-electron chi connectivity index (χ2n) is 6.30. The van der Waals surface area contributed by atoms with Gasteiger partial charge in [0, 0.05) is 5.56 Å².